The Balaban J connectivity index is 2.84. The van der Waals surface area contributed by atoms with Crippen molar-refractivity contribution in [3.8, 4) is 0 Å². The molecule has 0 aliphatic rings. The normalized spacial score (nSPS) is 14.6. The highest BCUT2D eigenvalue weighted by Gasteiger charge is 2.19. The van der Waals surface area contributed by atoms with Gasteiger partial charge < -0.3 is 0 Å². The summed E-state index contributed by atoms with van der Waals surface area (Å²) in [6.45, 7) is 6.73. The van der Waals surface area contributed by atoms with Crippen LogP contribution in [0.3, 0.4) is 0 Å². The molecule has 2 atom stereocenters. The van der Waals surface area contributed by atoms with Crippen molar-refractivity contribution in [1.29, 1.82) is 0 Å². The summed E-state index contributed by atoms with van der Waals surface area (Å²) < 4.78 is 31.5. The SMILES string of the molecule is CCCCCCC(c1ccc(S(=O)(=O)O)cc1)C(C)CCCC. The van der Waals surface area contributed by atoms with Crippen molar-refractivity contribution >= 4 is 10.1 Å². The Labute approximate surface area is 142 Å². The lowest BCUT2D eigenvalue weighted by molar-refractivity contribution is 0.383. The van der Waals surface area contributed by atoms with E-state index in [1.54, 1.807) is 0 Å². The summed E-state index contributed by atoms with van der Waals surface area (Å²) in [5.74, 6) is 1.06. The highest BCUT2D eigenvalue weighted by molar-refractivity contribution is 7.85. The average molecular weight is 341 g/mol. The van der Waals surface area contributed by atoms with Crippen LogP contribution in [0.15, 0.2) is 29.2 Å². The molecule has 4 heteroatoms. The summed E-state index contributed by atoms with van der Waals surface area (Å²) in [6.07, 6.45) is 9.78. The summed E-state index contributed by atoms with van der Waals surface area (Å²) in [4.78, 5) is -0.0211. The fourth-order valence-corrected chi connectivity index (χ4v) is 3.67. The second-order valence-corrected chi connectivity index (χ2v) is 8.04. The topological polar surface area (TPSA) is 54.4 Å². The van der Waals surface area contributed by atoms with Crippen LogP contribution in [0.4, 0.5) is 0 Å². The van der Waals surface area contributed by atoms with E-state index in [1.807, 2.05) is 12.1 Å². The van der Waals surface area contributed by atoms with Crippen LogP contribution in [0.2, 0.25) is 0 Å². The number of hydrogen-bond donors (Lipinski definition) is 1. The second-order valence-electron chi connectivity index (χ2n) is 6.62. The molecule has 1 aromatic carbocycles. The minimum atomic E-state index is -4.10. The van der Waals surface area contributed by atoms with Crippen molar-refractivity contribution in [3.05, 3.63) is 29.8 Å². The zero-order chi connectivity index (χ0) is 17.3. The highest BCUT2D eigenvalue weighted by atomic mass is 32.2. The zero-order valence-corrected chi connectivity index (χ0v) is 15.6. The van der Waals surface area contributed by atoms with Crippen LogP contribution in [0, 0.1) is 5.92 Å². The van der Waals surface area contributed by atoms with Crippen LogP contribution in [-0.2, 0) is 10.1 Å². The van der Waals surface area contributed by atoms with Crippen LogP contribution < -0.4 is 0 Å². The molecule has 0 bridgehead atoms. The van der Waals surface area contributed by atoms with E-state index in [1.165, 1.54) is 62.6 Å². The maximum atomic E-state index is 11.2. The van der Waals surface area contributed by atoms with Crippen LogP contribution in [-0.4, -0.2) is 13.0 Å². The molecule has 0 amide bonds. The lowest BCUT2D eigenvalue weighted by atomic mass is 9.81. The monoisotopic (exact) mass is 340 g/mol. The Morgan fingerprint density at radius 2 is 1.52 bits per heavy atom. The summed E-state index contributed by atoms with van der Waals surface area (Å²) in [7, 11) is -4.10. The summed E-state index contributed by atoms with van der Waals surface area (Å²) in [6, 6.07) is 6.79. The van der Waals surface area contributed by atoms with Gasteiger partial charge in [0.1, 0.15) is 0 Å². The molecule has 132 valence electrons. The predicted molar refractivity (Wildman–Crippen MR) is 96.4 cm³/mol. The molecule has 0 aromatic heterocycles. The quantitative estimate of drug-likeness (QED) is 0.408. The van der Waals surface area contributed by atoms with Crippen molar-refractivity contribution in [1.82, 2.24) is 0 Å². The van der Waals surface area contributed by atoms with E-state index >= 15 is 0 Å². The van der Waals surface area contributed by atoms with Gasteiger partial charge in [-0.25, -0.2) is 0 Å². The lowest BCUT2D eigenvalue weighted by Crippen LogP contribution is -2.11. The van der Waals surface area contributed by atoms with Gasteiger partial charge in [-0.05, 0) is 36.0 Å². The first-order valence-electron chi connectivity index (χ1n) is 8.97. The molecule has 3 nitrogen and oxygen atoms in total. The van der Waals surface area contributed by atoms with Crippen molar-refractivity contribution in [2.45, 2.75) is 83.0 Å². The lowest BCUT2D eigenvalue weighted by Gasteiger charge is -2.25. The molecule has 1 N–H and O–H groups in total. The number of unbranched alkanes of at least 4 members (excludes halogenated alkanes) is 4. The molecular weight excluding hydrogens is 308 g/mol. The van der Waals surface area contributed by atoms with Gasteiger partial charge >= 0.3 is 0 Å². The molecule has 0 saturated heterocycles. The van der Waals surface area contributed by atoms with Crippen LogP contribution in [0.1, 0.15) is 83.6 Å². The molecule has 0 radical (unpaired) electrons. The summed E-state index contributed by atoms with van der Waals surface area (Å²) >= 11 is 0. The Morgan fingerprint density at radius 3 is 2.04 bits per heavy atom. The van der Waals surface area contributed by atoms with Gasteiger partial charge in [-0.3, -0.25) is 4.55 Å². The third-order valence-corrected chi connectivity index (χ3v) is 5.54. The fourth-order valence-electron chi connectivity index (χ4n) is 3.19. The number of rotatable bonds is 11. The standard InChI is InChI=1S/C19H32O3S/c1-4-6-8-9-11-19(16(3)10-7-5-2)17-12-14-18(15-13-17)23(20,21)22/h12-16,19H,4-11H2,1-3H3,(H,20,21,22). The third-order valence-electron chi connectivity index (χ3n) is 4.67. The molecule has 23 heavy (non-hydrogen) atoms. The first-order chi connectivity index (χ1) is 10.9. The maximum absolute atomic E-state index is 11.2. The van der Waals surface area contributed by atoms with Gasteiger partial charge in [0.2, 0.25) is 0 Å². The van der Waals surface area contributed by atoms with Gasteiger partial charge in [0.05, 0.1) is 4.90 Å². The zero-order valence-electron chi connectivity index (χ0n) is 14.8. The van der Waals surface area contributed by atoms with Crippen molar-refractivity contribution < 1.29 is 13.0 Å². The Hall–Kier alpha value is -0.870. The smallest absolute Gasteiger partial charge is 0.282 e. The molecule has 0 heterocycles. The molecule has 0 aliphatic heterocycles. The molecule has 1 aromatic rings. The van der Waals surface area contributed by atoms with Gasteiger partial charge in [0, 0.05) is 0 Å². The van der Waals surface area contributed by atoms with Crippen LogP contribution in [0.25, 0.3) is 0 Å². The van der Waals surface area contributed by atoms with Gasteiger partial charge in [-0.2, -0.15) is 8.42 Å². The van der Waals surface area contributed by atoms with Crippen molar-refractivity contribution in [2.24, 2.45) is 5.92 Å². The molecule has 0 spiro atoms. The van der Waals surface area contributed by atoms with Crippen molar-refractivity contribution in [2.75, 3.05) is 0 Å². The van der Waals surface area contributed by atoms with E-state index in [0.717, 1.165) is 6.42 Å². The first kappa shape index (κ1) is 20.2. The van der Waals surface area contributed by atoms with Gasteiger partial charge in [-0.15, -0.1) is 0 Å². The summed E-state index contributed by atoms with van der Waals surface area (Å²) in [5.41, 5.74) is 1.19. The molecule has 0 aliphatic carbocycles. The van der Waals surface area contributed by atoms with Gasteiger partial charge in [-0.1, -0.05) is 77.8 Å². The largest absolute Gasteiger partial charge is 0.294 e. The van der Waals surface area contributed by atoms with Gasteiger partial charge in [0.25, 0.3) is 10.1 Å². The van der Waals surface area contributed by atoms with E-state index in [2.05, 4.69) is 20.8 Å². The number of hydrogen-bond acceptors (Lipinski definition) is 2. The second kappa shape index (κ2) is 10.1. The van der Waals surface area contributed by atoms with E-state index in [9.17, 15) is 8.42 Å². The van der Waals surface area contributed by atoms with Crippen molar-refractivity contribution in [3.63, 3.8) is 0 Å². The summed E-state index contributed by atoms with van der Waals surface area (Å²) in [5, 5.41) is 0. The molecule has 0 fully saturated rings. The van der Waals surface area contributed by atoms with E-state index in [4.69, 9.17) is 4.55 Å². The molecule has 0 saturated carbocycles. The maximum Gasteiger partial charge on any atom is 0.294 e. The van der Waals surface area contributed by atoms with E-state index in [-0.39, 0.29) is 4.90 Å². The Morgan fingerprint density at radius 1 is 0.913 bits per heavy atom. The Bertz CT molecular complexity index is 534. The molecular formula is C19H32O3S. The Kier molecular flexibility index (Phi) is 8.85. The fraction of sp³-hybridized carbons (Fsp3) is 0.684. The third kappa shape index (κ3) is 7.05. The predicted octanol–water partition coefficient (Wildman–Crippen LogP) is 5.81. The minimum absolute atomic E-state index is 0.0211. The highest BCUT2D eigenvalue weighted by Crippen LogP contribution is 2.33. The number of benzene rings is 1. The van der Waals surface area contributed by atoms with Gasteiger partial charge in [0.15, 0.2) is 0 Å². The van der Waals surface area contributed by atoms with Crippen LogP contribution in [0.5, 0.6) is 0 Å². The average Bonchev–Trinajstić information content (AvgIpc) is 2.52. The molecule has 1 rings (SSSR count). The van der Waals surface area contributed by atoms with E-state index in [0.29, 0.717) is 11.8 Å². The minimum Gasteiger partial charge on any atom is -0.282 e. The first-order valence-corrected chi connectivity index (χ1v) is 10.4. The molecule has 2 unspecified atom stereocenters. The van der Waals surface area contributed by atoms with E-state index < -0.39 is 10.1 Å². The van der Waals surface area contributed by atoms with Crippen LogP contribution >= 0.6 is 0 Å².